The van der Waals surface area contributed by atoms with Gasteiger partial charge in [-0.1, -0.05) is 23.9 Å². The predicted octanol–water partition coefficient (Wildman–Crippen LogP) is 1.81. The molecule has 2 heterocycles. The van der Waals surface area contributed by atoms with Crippen molar-refractivity contribution in [2.45, 2.75) is 5.16 Å². The van der Waals surface area contributed by atoms with Crippen LogP contribution in [0.2, 0.25) is 0 Å². The van der Waals surface area contributed by atoms with Crippen molar-refractivity contribution in [2.75, 3.05) is 11.5 Å². The Kier molecular flexibility index (Phi) is 4.22. The normalized spacial score (nSPS) is 12.0. The molecule has 24 heavy (non-hydrogen) atoms. The number of nitrogen functional groups attached to an aromatic ring is 1. The van der Waals surface area contributed by atoms with Crippen molar-refractivity contribution in [2.24, 2.45) is 0 Å². The summed E-state index contributed by atoms with van der Waals surface area (Å²) in [5, 5.41) is 19.8. The van der Waals surface area contributed by atoms with Crippen LogP contribution in [0.15, 0.2) is 46.0 Å². The van der Waals surface area contributed by atoms with Crippen LogP contribution in [0.5, 0.6) is 0 Å². The number of nitrogens with zero attached hydrogens (tertiary/aromatic N) is 3. The van der Waals surface area contributed by atoms with Crippen molar-refractivity contribution in [1.29, 1.82) is 5.26 Å². The van der Waals surface area contributed by atoms with Crippen LogP contribution < -0.4 is 11.3 Å². The Bertz CT molecular complexity index is 997. The standard InChI is InChI=1S/C15H12N6O2S/c16-6-8(14-18-9-3-1-2-4-10(9)19-14)11(22)7-24-15-20-12(17)5-13(23)21-15/h1-5,22H,7H2,(H,18,19)(H3,17,20,21,23). The highest BCUT2D eigenvalue weighted by Gasteiger charge is 2.14. The number of imidazole rings is 1. The number of nitriles is 1. The lowest BCUT2D eigenvalue weighted by molar-refractivity contribution is 0.420. The van der Waals surface area contributed by atoms with E-state index >= 15 is 0 Å². The van der Waals surface area contributed by atoms with E-state index in [-0.39, 0.29) is 39.4 Å². The van der Waals surface area contributed by atoms with Gasteiger partial charge in [-0.2, -0.15) is 5.26 Å². The molecule has 0 atom stereocenters. The van der Waals surface area contributed by atoms with Gasteiger partial charge in [0.15, 0.2) is 11.0 Å². The number of benzene rings is 1. The fourth-order valence-electron chi connectivity index (χ4n) is 2.06. The van der Waals surface area contributed by atoms with Crippen molar-refractivity contribution in [1.82, 2.24) is 19.9 Å². The molecule has 0 aliphatic rings. The molecule has 5 N–H and O–H groups in total. The number of aliphatic hydroxyl groups excluding tert-OH is 1. The van der Waals surface area contributed by atoms with Gasteiger partial charge in [0, 0.05) is 6.07 Å². The van der Waals surface area contributed by atoms with Gasteiger partial charge < -0.3 is 20.8 Å². The van der Waals surface area contributed by atoms with E-state index in [1.807, 2.05) is 24.3 Å². The largest absolute Gasteiger partial charge is 0.510 e. The molecule has 3 rings (SSSR count). The second-order valence-corrected chi connectivity index (χ2v) is 5.76. The third kappa shape index (κ3) is 3.23. The van der Waals surface area contributed by atoms with E-state index < -0.39 is 0 Å². The molecule has 0 bridgehead atoms. The number of aromatic amines is 2. The number of nitrogens with two attached hydrogens (primary N) is 1. The molecule has 0 spiro atoms. The van der Waals surface area contributed by atoms with Gasteiger partial charge in [-0.3, -0.25) is 4.79 Å². The summed E-state index contributed by atoms with van der Waals surface area (Å²) in [6.07, 6.45) is 0. The molecule has 0 unspecified atom stereocenters. The summed E-state index contributed by atoms with van der Waals surface area (Å²) in [5.74, 6) is 0.228. The predicted molar refractivity (Wildman–Crippen MR) is 91.2 cm³/mol. The average molecular weight is 340 g/mol. The number of anilines is 1. The first-order valence-electron chi connectivity index (χ1n) is 6.84. The highest BCUT2D eigenvalue weighted by Crippen LogP contribution is 2.22. The zero-order valence-electron chi connectivity index (χ0n) is 12.3. The first-order chi connectivity index (χ1) is 11.6. The van der Waals surface area contributed by atoms with Crippen LogP contribution in [0.3, 0.4) is 0 Å². The van der Waals surface area contributed by atoms with E-state index in [0.717, 1.165) is 23.3 Å². The van der Waals surface area contributed by atoms with Crippen LogP contribution in [-0.2, 0) is 0 Å². The molecule has 2 aromatic heterocycles. The first-order valence-corrected chi connectivity index (χ1v) is 7.82. The highest BCUT2D eigenvalue weighted by molar-refractivity contribution is 7.99. The van der Waals surface area contributed by atoms with Crippen molar-refractivity contribution in [3.63, 3.8) is 0 Å². The SMILES string of the molecule is N#CC(=C(O)CSc1nc(N)cc(=O)[nH]1)c1nc2ccccc2[nH]1. The molecule has 0 fully saturated rings. The molecule has 120 valence electrons. The Labute approximate surface area is 140 Å². The van der Waals surface area contributed by atoms with Gasteiger partial charge in [0.2, 0.25) is 0 Å². The number of H-pyrrole nitrogens is 2. The fourth-order valence-corrected chi connectivity index (χ4v) is 2.82. The zero-order valence-corrected chi connectivity index (χ0v) is 13.1. The molecule has 0 aliphatic heterocycles. The van der Waals surface area contributed by atoms with Gasteiger partial charge in [-0.25, -0.2) is 9.97 Å². The lowest BCUT2D eigenvalue weighted by atomic mass is 10.2. The maximum atomic E-state index is 11.3. The summed E-state index contributed by atoms with van der Waals surface area (Å²) in [6.45, 7) is 0. The number of allylic oxidation sites excluding steroid dienone is 1. The zero-order chi connectivity index (χ0) is 17.1. The number of fused-ring (bicyclic) bond motifs is 1. The van der Waals surface area contributed by atoms with Crippen molar-refractivity contribution in [3.05, 3.63) is 52.3 Å². The van der Waals surface area contributed by atoms with Crippen LogP contribution >= 0.6 is 11.8 Å². The monoisotopic (exact) mass is 340 g/mol. The van der Waals surface area contributed by atoms with Gasteiger partial charge in [0.05, 0.1) is 16.8 Å². The molecule has 0 saturated heterocycles. The molecule has 0 aliphatic carbocycles. The van der Waals surface area contributed by atoms with E-state index in [0.29, 0.717) is 5.52 Å². The number of aromatic nitrogens is 4. The Morgan fingerprint density at radius 1 is 1.33 bits per heavy atom. The van der Waals surface area contributed by atoms with Gasteiger partial charge in [-0.15, -0.1) is 0 Å². The number of hydrogen-bond acceptors (Lipinski definition) is 7. The van der Waals surface area contributed by atoms with Gasteiger partial charge in [0.25, 0.3) is 5.56 Å². The number of thioether (sulfide) groups is 1. The second kappa shape index (κ2) is 6.47. The van der Waals surface area contributed by atoms with Crippen LogP contribution in [0, 0.1) is 11.3 Å². The number of hydrogen-bond donors (Lipinski definition) is 4. The van der Waals surface area contributed by atoms with Crippen molar-refractivity contribution < 1.29 is 5.11 Å². The van der Waals surface area contributed by atoms with Crippen LogP contribution in [-0.4, -0.2) is 30.8 Å². The molecular weight excluding hydrogens is 328 g/mol. The molecule has 0 saturated carbocycles. The summed E-state index contributed by atoms with van der Waals surface area (Å²) >= 11 is 1.05. The molecule has 1 aromatic carbocycles. The first kappa shape index (κ1) is 15.6. The molecule has 0 radical (unpaired) electrons. The number of aliphatic hydroxyl groups is 1. The fraction of sp³-hybridized carbons (Fsp3) is 0.0667. The maximum absolute atomic E-state index is 11.3. The molecule has 3 aromatic rings. The van der Waals surface area contributed by atoms with Crippen LogP contribution in [0.1, 0.15) is 5.82 Å². The second-order valence-electron chi connectivity index (χ2n) is 4.80. The van der Waals surface area contributed by atoms with E-state index in [4.69, 9.17) is 5.73 Å². The Hall–Kier alpha value is -3.25. The van der Waals surface area contributed by atoms with Gasteiger partial charge in [0.1, 0.15) is 23.2 Å². The lowest BCUT2D eigenvalue weighted by Crippen LogP contribution is -2.09. The van der Waals surface area contributed by atoms with E-state index in [9.17, 15) is 15.2 Å². The summed E-state index contributed by atoms with van der Waals surface area (Å²) in [5.41, 5.74) is 6.61. The minimum atomic E-state index is -0.383. The van der Waals surface area contributed by atoms with Crippen molar-refractivity contribution in [3.8, 4) is 6.07 Å². The lowest BCUT2D eigenvalue weighted by Gasteiger charge is -2.03. The van der Waals surface area contributed by atoms with Crippen LogP contribution in [0.4, 0.5) is 5.82 Å². The van der Waals surface area contributed by atoms with Gasteiger partial charge in [-0.05, 0) is 12.1 Å². The van der Waals surface area contributed by atoms with Crippen LogP contribution in [0.25, 0.3) is 16.6 Å². The number of rotatable bonds is 4. The Morgan fingerprint density at radius 2 is 2.12 bits per heavy atom. The van der Waals surface area contributed by atoms with Crippen molar-refractivity contribution >= 4 is 34.2 Å². The average Bonchev–Trinajstić information content (AvgIpc) is 2.96. The maximum Gasteiger partial charge on any atom is 0.253 e. The topological polar surface area (TPSA) is 144 Å². The number of nitrogens with one attached hydrogen (secondary N) is 2. The molecule has 9 heteroatoms. The van der Waals surface area contributed by atoms with E-state index in [1.165, 1.54) is 0 Å². The minimum absolute atomic E-state index is 0.0324. The third-order valence-electron chi connectivity index (χ3n) is 3.11. The Balaban J connectivity index is 1.87. The van der Waals surface area contributed by atoms with E-state index in [1.54, 1.807) is 6.07 Å². The van der Waals surface area contributed by atoms with Gasteiger partial charge >= 0.3 is 0 Å². The Morgan fingerprint density at radius 3 is 2.83 bits per heavy atom. The smallest absolute Gasteiger partial charge is 0.253 e. The number of para-hydroxylation sites is 2. The molecule has 0 amide bonds. The molecular formula is C15H12N6O2S. The quantitative estimate of drug-likeness (QED) is 0.245. The summed E-state index contributed by atoms with van der Waals surface area (Å²) in [7, 11) is 0. The highest BCUT2D eigenvalue weighted by atomic mass is 32.2. The van der Waals surface area contributed by atoms with E-state index in [2.05, 4.69) is 19.9 Å². The molecule has 8 nitrogen and oxygen atoms in total. The third-order valence-corrected chi connectivity index (χ3v) is 4.00. The summed E-state index contributed by atoms with van der Waals surface area (Å²) in [6, 6.07) is 10.4. The minimum Gasteiger partial charge on any atom is -0.510 e. The summed E-state index contributed by atoms with van der Waals surface area (Å²) in [4.78, 5) is 25.1. The summed E-state index contributed by atoms with van der Waals surface area (Å²) < 4.78 is 0.